The average Bonchev–Trinajstić information content (AvgIpc) is 3.10. The van der Waals surface area contributed by atoms with Gasteiger partial charge in [0, 0.05) is 24.4 Å². The summed E-state index contributed by atoms with van der Waals surface area (Å²) in [6.07, 6.45) is 3.11. The van der Waals surface area contributed by atoms with Gasteiger partial charge < -0.3 is 10.1 Å². The van der Waals surface area contributed by atoms with Gasteiger partial charge in [-0.05, 0) is 35.4 Å². The van der Waals surface area contributed by atoms with Crippen molar-refractivity contribution in [2.75, 3.05) is 0 Å². The van der Waals surface area contributed by atoms with Crippen molar-refractivity contribution >= 4 is 5.91 Å². The molecule has 0 saturated heterocycles. The summed E-state index contributed by atoms with van der Waals surface area (Å²) in [5.74, 6) is -0.00515. The standard InChI is InChI=1S/C21H17FN2O2/c22-17-8-9-18-16(11-17)12-19(26-18)21(25)24-20(14-5-2-1-3-6-14)15-7-4-10-23-13-15/h1-11,13,19-20H,12H2,(H,24,25). The lowest BCUT2D eigenvalue weighted by molar-refractivity contribution is -0.127. The van der Waals surface area contributed by atoms with Crippen molar-refractivity contribution in [3.8, 4) is 5.75 Å². The number of hydrogen-bond donors (Lipinski definition) is 1. The van der Waals surface area contributed by atoms with Crippen molar-refractivity contribution in [1.82, 2.24) is 10.3 Å². The molecule has 0 spiro atoms. The maximum atomic E-state index is 13.4. The van der Waals surface area contributed by atoms with Crippen molar-refractivity contribution in [3.63, 3.8) is 0 Å². The molecular weight excluding hydrogens is 331 g/mol. The summed E-state index contributed by atoms with van der Waals surface area (Å²) in [5, 5.41) is 3.04. The molecule has 2 atom stereocenters. The number of carbonyl (C=O) groups excluding carboxylic acids is 1. The Bertz CT molecular complexity index is 876. The van der Waals surface area contributed by atoms with Crippen LogP contribution >= 0.6 is 0 Å². The van der Waals surface area contributed by atoms with Gasteiger partial charge in [-0.2, -0.15) is 0 Å². The lowest BCUT2D eigenvalue weighted by Gasteiger charge is -2.21. The van der Waals surface area contributed by atoms with Gasteiger partial charge in [0.2, 0.25) is 0 Å². The van der Waals surface area contributed by atoms with Crippen LogP contribution in [0.15, 0.2) is 73.1 Å². The maximum absolute atomic E-state index is 13.4. The molecule has 0 radical (unpaired) electrons. The first-order chi connectivity index (χ1) is 12.7. The first-order valence-electron chi connectivity index (χ1n) is 8.41. The molecule has 26 heavy (non-hydrogen) atoms. The van der Waals surface area contributed by atoms with Gasteiger partial charge in [-0.15, -0.1) is 0 Å². The van der Waals surface area contributed by atoms with Crippen LogP contribution in [-0.2, 0) is 11.2 Å². The summed E-state index contributed by atoms with van der Waals surface area (Å²) >= 11 is 0. The van der Waals surface area contributed by atoms with Crippen LogP contribution in [0.5, 0.6) is 5.75 Å². The molecule has 0 fully saturated rings. The fraction of sp³-hybridized carbons (Fsp3) is 0.143. The third-order valence-electron chi connectivity index (χ3n) is 4.43. The highest BCUT2D eigenvalue weighted by atomic mass is 19.1. The minimum Gasteiger partial charge on any atom is -0.480 e. The number of nitrogens with one attached hydrogen (secondary N) is 1. The van der Waals surface area contributed by atoms with Crippen molar-refractivity contribution in [2.24, 2.45) is 0 Å². The van der Waals surface area contributed by atoms with E-state index in [2.05, 4.69) is 10.3 Å². The van der Waals surface area contributed by atoms with E-state index in [4.69, 9.17) is 4.74 Å². The SMILES string of the molecule is O=C(NC(c1ccccc1)c1cccnc1)C1Cc2cc(F)ccc2O1. The topological polar surface area (TPSA) is 51.2 Å². The van der Waals surface area contributed by atoms with Gasteiger partial charge in [0.25, 0.3) is 5.91 Å². The fourth-order valence-corrected chi connectivity index (χ4v) is 3.15. The number of carbonyl (C=O) groups is 1. The van der Waals surface area contributed by atoms with Gasteiger partial charge in [0.1, 0.15) is 11.6 Å². The zero-order chi connectivity index (χ0) is 17.9. The molecule has 1 amide bonds. The Labute approximate surface area is 150 Å². The quantitative estimate of drug-likeness (QED) is 0.786. The number of benzene rings is 2. The van der Waals surface area contributed by atoms with E-state index >= 15 is 0 Å². The lowest BCUT2D eigenvalue weighted by atomic mass is 9.99. The van der Waals surface area contributed by atoms with E-state index in [-0.39, 0.29) is 17.8 Å². The molecule has 0 aliphatic carbocycles. The van der Waals surface area contributed by atoms with Crippen molar-refractivity contribution < 1.29 is 13.9 Å². The van der Waals surface area contributed by atoms with Crippen molar-refractivity contribution in [2.45, 2.75) is 18.6 Å². The molecule has 130 valence electrons. The van der Waals surface area contributed by atoms with E-state index in [1.807, 2.05) is 42.5 Å². The highest BCUT2D eigenvalue weighted by Crippen LogP contribution is 2.30. The van der Waals surface area contributed by atoms with E-state index in [0.717, 1.165) is 11.1 Å². The number of pyridine rings is 1. The molecule has 1 aromatic heterocycles. The van der Waals surface area contributed by atoms with Crippen LogP contribution in [0.4, 0.5) is 4.39 Å². The molecule has 1 N–H and O–H groups in total. The van der Waals surface area contributed by atoms with E-state index in [1.54, 1.807) is 18.5 Å². The largest absolute Gasteiger partial charge is 0.480 e. The molecule has 2 heterocycles. The minimum absolute atomic E-state index is 0.237. The van der Waals surface area contributed by atoms with Gasteiger partial charge in [-0.1, -0.05) is 36.4 Å². The summed E-state index contributed by atoms with van der Waals surface area (Å²) in [6.45, 7) is 0. The Balaban J connectivity index is 1.56. The molecule has 5 heteroatoms. The van der Waals surface area contributed by atoms with Gasteiger partial charge >= 0.3 is 0 Å². The van der Waals surface area contributed by atoms with Crippen LogP contribution in [0.2, 0.25) is 0 Å². The molecule has 2 aromatic carbocycles. The van der Waals surface area contributed by atoms with Gasteiger partial charge in [-0.25, -0.2) is 4.39 Å². The van der Waals surface area contributed by atoms with Crippen molar-refractivity contribution in [3.05, 3.63) is 95.6 Å². The van der Waals surface area contributed by atoms with E-state index in [1.165, 1.54) is 12.1 Å². The Hall–Kier alpha value is -3.21. The molecular formula is C21H17FN2O2. The second kappa shape index (κ2) is 6.96. The number of rotatable bonds is 4. The molecule has 4 rings (SSSR count). The number of fused-ring (bicyclic) bond motifs is 1. The summed E-state index contributed by atoms with van der Waals surface area (Å²) in [7, 11) is 0. The lowest BCUT2D eigenvalue weighted by Crippen LogP contribution is -2.40. The molecule has 4 nitrogen and oxygen atoms in total. The number of halogens is 1. The summed E-state index contributed by atoms with van der Waals surface area (Å²) in [6, 6.07) is 17.4. The maximum Gasteiger partial charge on any atom is 0.262 e. The third kappa shape index (κ3) is 3.28. The Morgan fingerprint density at radius 1 is 1.12 bits per heavy atom. The van der Waals surface area contributed by atoms with Gasteiger partial charge in [0.15, 0.2) is 6.10 Å². The molecule has 3 aromatic rings. The summed E-state index contributed by atoms with van der Waals surface area (Å²) in [4.78, 5) is 17.0. The Morgan fingerprint density at radius 2 is 1.92 bits per heavy atom. The second-order valence-corrected chi connectivity index (χ2v) is 6.20. The smallest absolute Gasteiger partial charge is 0.262 e. The summed E-state index contributed by atoms with van der Waals surface area (Å²) < 4.78 is 19.1. The molecule has 1 aliphatic rings. The average molecular weight is 348 g/mol. The van der Waals surface area contributed by atoms with Crippen molar-refractivity contribution in [1.29, 1.82) is 0 Å². The highest BCUT2D eigenvalue weighted by molar-refractivity contribution is 5.83. The first kappa shape index (κ1) is 16.3. The molecule has 0 bridgehead atoms. The zero-order valence-corrected chi connectivity index (χ0v) is 13.9. The predicted octanol–water partition coefficient (Wildman–Crippen LogP) is 3.43. The normalized spacial score (nSPS) is 16.4. The van der Waals surface area contributed by atoms with Crippen LogP contribution in [0.3, 0.4) is 0 Å². The number of hydrogen-bond acceptors (Lipinski definition) is 3. The van der Waals surface area contributed by atoms with E-state index in [0.29, 0.717) is 17.7 Å². The van der Waals surface area contributed by atoms with Crippen LogP contribution in [-0.4, -0.2) is 17.0 Å². The number of nitrogens with zero attached hydrogens (tertiary/aromatic N) is 1. The van der Waals surface area contributed by atoms with Crippen LogP contribution < -0.4 is 10.1 Å². The number of aromatic nitrogens is 1. The third-order valence-corrected chi connectivity index (χ3v) is 4.43. The predicted molar refractivity (Wildman–Crippen MR) is 95.2 cm³/mol. The monoisotopic (exact) mass is 348 g/mol. The van der Waals surface area contributed by atoms with Crippen LogP contribution in [0, 0.1) is 5.82 Å². The highest BCUT2D eigenvalue weighted by Gasteiger charge is 2.31. The van der Waals surface area contributed by atoms with E-state index < -0.39 is 6.10 Å². The molecule has 0 saturated carbocycles. The fourth-order valence-electron chi connectivity index (χ4n) is 3.15. The zero-order valence-electron chi connectivity index (χ0n) is 13.9. The second-order valence-electron chi connectivity index (χ2n) is 6.20. The van der Waals surface area contributed by atoms with Gasteiger partial charge in [-0.3, -0.25) is 9.78 Å². The Kier molecular flexibility index (Phi) is 4.35. The first-order valence-corrected chi connectivity index (χ1v) is 8.41. The van der Waals surface area contributed by atoms with E-state index in [9.17, 15) is 9.18 Å². The molecule has 1 aliphatic heterocycles. The minimum atomic E-state index is -0.672. The Morgan fingerprint density at radius 3 is 2.69 bits per heavy atom. The van der Waals surface area contributed by atoms with Gasteiger partial charge in [0.05, 0.1) is 6.04 Å². The van der Waals surface area contributed by atoms with Crippen LogP contribution in [0.1, 0.15) is 22.7 Å². The number of amides is 1. The summed E-state index contributed by atoms with van der Waals surface area (Å²) in [5.41, 5.74) is 2.55. The number of ether oxygens (including phenoxy) is 1. The van der Waals surface area contributed by atoms with Crippen LogP contribution in [0.25, 0.3) is 0 Å². The molecule has 2 unspecified atom stereocenters.